The Morgan fingerprint density at radius 3 is 2.42 bits per heavy atom. The molecule has 2 bridgehead atoms. The van der Waals surface area contributed by atoms with Gasteiger partial charge in [-0.05, 0) is 76.8 Å². The van der Waals surface area contributed by atoms with Gasteiger partial charge in [0.2, 0.25) is 0 Å². The Labute approximate surface area is 238 Å². The van der Waals surface area contributed by atoms with Crippen LogP contribution >= 0.6 is 15.9 Å². The zero-order valence-corrected chi connectivity index (χ0v) is 23.0. The summed E-state index contributed by atoms with van der Waals surface area (Å²) in [4.78, 5) is 41.1. The minimum atomic E-state index is -0.533. The molecule has 0 spiro atoms. The molecule has 2 amide bonds. The number of anilines is 3. The van der Waals surface area contributed by atoms with E-state index in [-0.39, 0.29) is 34.6 Å². The number of benzene rings is 3. The quantitative estimate of drug-likeness (QED) is 0.300. The van der Waals surface area contributed by atoms with Gasteiger partial charge in [-0.2, -0.15) is 0 Å². The van der Waals surface area contributed by atoms with Crippen molar-refractivity contribution in [2.24, 2.45) is 5.92 Å². The zero-order chi connectivity index (χ0) is 27.8. The maximum atomic E-state index is 14.2. The van der Waals surface area contributed by atoms with Gasteiger partial charge >= 0.3 is 0 Å². The van der Waals surface area contributed by atoms with Crippen LogP contribution in [0.25, 0.3) is 0 Å². The van der Waals surface area contributed by atoms with Crippen molar-refractivity contribution in [3.05, 3.63) is 122 Å². The van der Waals surface area contributed by atoms with Crippen molar-refractivity contribution in [3.8, 4) is 0 Å². The standard InChI is InChI=1S/C31H26BrFN4O3/c32-23-7-2-1-6-22(23)31(40)35-26-15-20(30(39)34-25-9-4-3-8-24(25)33)12-13-28(26)36-16-19-14-21(18-36)27-10-5-11-29(38)37(27)17-19/h1-13,15,19,21H,14,16-18H2,(H,34,39)(H,35,40)/t19-,21+/m1/s1. The number of carbonyl (C=O) groups is 2. The van der Waals surface area contributed by atoms with Crippen LogP contribution in [-0.2, 0) is 6.54 Å². The van der Waals surface area contributed by atoms with E-state index in [1.54, 1.807) is 54.6 Å². The van der Waals surface area contributed by atoms with Crippen LogP contribution in [0.5, 0.6) is 0 Å². The van der Waals surface area contributed by atoms with E-state index >= 15 is 0 Å². The molecule has 202 valence electrons. The molecule has 1 fully saturated rings. The van der Waals surface area contributed by atoms with Gasteiger partial charge in [0.25, 0.3) is 17.4 Å². The number of pyridine rings is 1. The van der Waals surface area contributed by atoms with Crippen molar-refractivity contribution < 1.29 is 14.0 Å². The Balaban J connectivity index is 1.34. The summed E-state index contributed by atoms with van der Waals surface area (Å²) < 4.78 is 16.7. The Kier molecular flexibility index (Phi) is 6.98. The first kappa shape index (κ1) is 26.0. The minimum absolute atomic E-state index is 0.0206. The molecule has 2 N–H and O–H groups in total. The van der Waals surface area contributed by atoms with Gasteiger partial charge in [-0.15, -0.1) is 0 Å². The number of aromatic nitrogens is 1. The number of halogens is 2. The second-order valence-electron chi connectivity index (χ2n) is 10.2. The molecule has 0 aliphatic carbocycles. The summed E-state index contributed by atoms with van der Waals surface area (Å²) in [6.45, 7) is 2.01. The minimum Gasteiger partial charge on any atom is -0.369 e. The molecule has 3 heterocycles. The highest BCUT2D eigenvalue weighted by Crippen LogP contribution is 2.39. The molecule has 7 nitrogen and oxygen atoms in total. The Hall–Kier alpha value is -4.24. The van der Waals surface area contributed by atoms with Gasteiger partial charge in [0.05, 0.1) is 22.6 Å². The number of nitrogens with one attached hydrogen (secondary N) is 2. The number of hydrogen-bond donors (Lipinski definition) is 2. The fourth-order valence-corrected chi connectivity index (χ4v) is 6.20. The summed E-state index contributed by atoms with van der Waals surface area (Å²) in [6.07, 6.45) is 0.988. The summed E-state index contributed by atoms with van der Waals surface area (Å²) in [5.41, 5.74) is 3.12. The third kappa shape index (κ3) is 5.04. The Morgan fingerprint density at radius 1 is 0.825 bits per heavy atom. The van der Waals surface area contributed by atoms with Crippen molar-refractivity contribution in [2.75, 3.05) is 28.6 Å². The average Bonchev–Trinajstić information content (AvgIpc) is 2.95. The van der Waals surface area contributed by atoms with Gasteiger partial charge in [-0.3, -0.25) is 14.4 Å². The number of nitrogens with zero attached hydrogens (tertiary/aromatic N) is 2. The third-order valence-corrected chi connectivity index (χ3v) is 8.26. The fourth-order valence-electron chi connectivity index (χ4n) is 5.74. The zero-order valence-electron chi connectivity index (χ0n) is 21.4. The second-order valence-corrected chi connectivity index (χ2v) is 11.1. The molecule has 3 aromatic carbocycles. The van der Waals surface area contributed by atoms with E-state index in [0.717, 1.165) is 17.8 Å². The number of amides is 2. The topological polar surface area (TPSA) is 83.4 Å². The lowest BCUT2D eigenvalue weighted by Gasteiger charge is -2.44. The van der Waals surface area contributed by atoms with E-state index in [4.69, 9.17) is 0 Å². The van der Waals surface area contributed by atoms with Gasteiger partial charge in [0.15, 0.2) is 0 Å². The van der Waals surface area contributed by atoms with Gasteiger partial charge in [0.1, 0.15) is 5.82 Å². The number of hydrogen-bond acceptors (Lipinski definition) is 4. The maximum absolute atomic E-state index is 14.2. The van der Waals surface area contributed by atoms with Gasteiger partial charge in [-0.25, -0.2) is 4.39 Å². The summed E-state index contributed by atoms with van der Waals surface area (Å²) in [5, 5.41) is 5.62. The van der Waals surface area contributed by atoms with Crippen molar-refractivity contribution in [3.63, 3.8) is 0 Å². The van der Waals surface area contributed by atoms with Crippen LogP contribution in [-0.4, -0.2) is 29.5 Å². The molecule has 2 atom stereocenters. The number of piperidine rings is 1. The first-order valence-electron chi connectivity index (χ1n) is 13.1. The molecular formula is C31H26BrFN4O3. The van der Waals surface area contributed by atoms with E-state index in [2.05, 4.69) is 31.5 Å². The smallest absolute Gasteiger partial charge is 0.256 e. The van der Waals surface area contributed by atoms with Crippen molar-refractivity contribution in [1.29, 1.82) is 0 Å². The molecule has 1 saturated heterocycles. The molecule has 1 aromatic heterocycles. The molecular weight excluding hydrogens is 575 g/mol. The molecule has 0 radical (unpaired) electrons. The van der Waals surface area contributed by atoms with Crippen LogP contribution in [0.2, 0.25) is 0 Å². The molecule has 40 heavy (non-hydrogen) atoms. The second kappa shape index (κ2) is 10.7. The van der Waals surface area contributed by atoms with E-state index in [1.807, 2.05) is 22.8 Å². The van der Waals surface area contributed by atoms with Crippen molar-refractivity contribution in [2.45, 2.75) is 18.9 Å². The van der Waals surface area contributed by atoms with Crippen LogP contribution < -0.4 is 21.1 Å². The largest absolute Gasteiger partial charge is 0.369 e. The highest BCUT2D eigenvalue weighted by Gasteiger charge is 2.35. The summed E-state index contributed by atoms with van der Waals surface area (Å²) in [6, 6.07) is 23.6. The normalized spacial score (nSPS) is 17.6. The van der Waals surface area contributed by atoms with E-state index < -0.39 is 11.7 Å². The molecule has 2 aliphatic heterocycles. The average molecular weight is 601 g/mol. The van der Waals surface area contributed by atoms with E-state index in [0.29, 0.717) is 35.4 Å². The van der Waals surface area contributed by atoms with Crippen molar-refractivity contribution >= 4 is 44.8 Å². The molecule has 0 unspecified atom stereocenters. The first-order chi connectivity index (χ1) is 19.4. The van der Waals surface area contributed by atoms with Crippen LogP contribution in [0.1, 0.15) is 38.7 Å². The van der Waals surface area contributed by atoms with Crippen molar-refractivity contribution in [1.82, 2.24) is 4.57 Å². The van der Waals surface area contributed by atoms with E-state index in [9.17, 15) is 18.8 Å². The lowest BCUT2D eigenvalue weighted by molar-refractivity contribution is 0.101. The van der Waals surface area contributed by atoms with Crippen LogP contribution in [0.15, 0.2) is 94.2 Å². The number of para-hydroxylation sites is 1. The Morgan fingerprint density at radius 2 is 1.60 bits per heavy atom. The molecule has 0 saturated carbocycles. The third-order valence-electron chi connectivity index (χ3n) is 7.57. The highest BCUT2D eigenvalue weighted by molar-refractivity contribution is 9.10. The highest BCUT2D eigenvalue weighted by atomic mass is 79.9. The van der Waals surface area contributed by atoms with Gasteiger partial charge in [0, 0.05) is 47.3 Å². The monoisotopic (exact) mass is 600 g/mol. The summed E-state index contributed by atoms with van der Waals surface area (Å²) in [5.74, 6) is -0.917. The predicted molar refractivity (Wildman–Crippen MR) is 157 cm³/mol. The SMILES string of the molecule is O=C(Nc1ccccc1F)c1ccc(N2C[C@H]3C[C@@H](C2)c2cccc(=O)n2C3)c(NC(=O)c2ccccc2Br)c1. The first-order valence-corrected chi connectivity index (χ1v) is 13.9. The fraction of sp³-hybridized carbons (Fsp3) is 0.194. The number of fused-ring (bicyclic) bond motifs is 4. The summed E-state index contributed by atoms with van der Waals surface area (Å²) >= 11 is 3.44. The molecule has 4 aromatic rings. The predicted octanol–water partition coefficient (Wildman–Crippen LogP) is 5.88. The lowest BCUT2D eigenvalue weighted by Crippen LogP contribution is -2.47. The van der Waals surface area contributed by atoms with Gasteiger partial charge in [-0.1, -0.05) is 30.3 Å². The summed E-state index contributed by atoms with van der Waals surface area (Å²) in [7, 11) is 0. The van der Waals surface area contributed by atoms with Crippen LogP contribution in [0, 0.1) is 11.7 Å². The van der Waals surface area contributed by atoms with E-state index in [1.165, 1.54) is 12.1 Å². The van der Waals surface area contributed by atoms with Crippen LogP contribution in [0.3, 0.4) is 0 Å². The number of carbonyl (C=O) groups excluding carboxylic acids is 2. The molecule has 6 rings (SSSR count). The molecule has 9 heteroatoms. The lowest BCUT2D eigenvalue weighted by atomic mass is 9.83. The molecule has 2 aliphatic rings. The number of rotatable bonds is 5. The maximum Gasteiger partial charge on any atom is 0.256 e. The van der Waals surface area contributed by atoms with Crippen LogP contribution in [0.4, 0.5) is 21.5 Å². The Bertz CT molecular complexity index is 1690. The van der Waals surface area contributed by atoms with Gasteiger partial charge < -0.3 is 20.1 Å².